The predicted molar refractivity (Wildman–Crippen MR) is 66.1 cm³/mol. The van der Waals surface area contributed by atoms with Gasteiger partial charge < -0.3 is 4.52 Å². The minimum absolute atomic E-state index is 0.0962. The Labute approximate surface area is 97.3 Å². The Morgan fingerprint density at radius 3 is 2.38 bits per heavy atom. The van der Waals surface area contributed by atoms with Gasteiger partial charge in [0.05, 0.1) is 12.3 Å². The molecule has 0 heterocycles. The second-order valence-electron chi connectivity index (χ2n) is 3.89. The van der Waals surface area contributed by atoms with Gasteiger partial charge in [-0.1, -0.05) is 25.1 Å². The molecule has 0 bridgehead atoms. The third-order valence-electron chi connectivity index (χ3n) is 1.86. The molecule has 0 spiro atoms. The normalized spacial score (nSPS) is 14.8. The van der Waals surface area contributed by atoms with E-state index >= 15 is 0 Å². The molecule has 1 atom stereocenters. The monoisotopic (exact) mass is 242 g/mol. The fourth-order valence-corrected chi connectivity index (χ4v) is 3.23. The summed E-state index contributed by atoms with van der Waals surface area (Å²) in [4.78, 5) is 0. The number of hydrogen-bond acceptors (Lipinski definition) is 3. The third-order valence-corrected chi connectivity index (χ3v) is 4.08. The van der Waals surface area contributed by atoms with Gasteiger partial charge in [0.2, 0.25) is 0 Å². The lowest BCUT2D eigenvalue weighted by atomic mass is 10.3. The number of para-hydroxylation sites is 1. The summed E-state index contributed by atoms with van der Waals surface area (Å²) in [7, 11) is -3.00. The Hall–Kier alpha value is -0.790. The minimum Gasteiger partial charge on any atom is -0.424 e. The highest BCUT2D eigenvalue weighted by Gasteiger charge is 2.26. The Balaban J connectivity index is 2.75. The predicted octanol–water partition coefficient (Wildman–Crippen LogP) is 4.09. The van der Waals surface area contributed by atoms with E-state index in [1.54, 1.807) is 12.1 Å². The lowest BCUT2D eigenvalue weighted by Crippen LogP contribution is -2.07. The first-order chi connectivity index (χ1) is 7.56. The van der Waals surface area contributed by atoms with E-state index < -0.39 is 7.60 Å². The molecule has 0 aliphatic heterocycles. The Kier molecular flexibility index (Phi) is 5.04. The molecule has 0 N–H and O–H groups in total. The summed E-state index contributed by atoms with van der Waals surface area (Å²) >= 11 is 0. The molecule has 0 amide bonds. The first kappa shape index (κ1) is 13.3. The van der Waals surface area contributed by atoms with Crippen molar-refractivity contribution in [1.29, 1.82) is 0 Å². The van der Waals surface area contributed by atoms with Crippen LogP contribution in [0.1, 0.15) is 27.2 Å². The molecule has 0 fully saturated rings. The standard InChI is InChI=1S/C12H19O3P/c1-4-10-16(13,14-11(2)3)15-12-8-6-5-7-9-12/h5-9,11H,4,10H2,1-3H3. The smallest absolute Gasteiger partial charge is 0.379 e. The van der Waals surface area contributed by atoms with Gasteiger partial charge in [-0.2, -0.15) is 0 Å². The molecule has 0 aliphatic carbocycles. The van der Waals surface area contributed by atoms with Crippen molar-refractivity contribution in [2.45, 2.75) is 33.3 Å². The van der Waals surface area contributed by atoms with Crippen LogP contribution in [-0.2, 0) is 9.09 Å². The van der Waals surface area contributed by atoms with Gasteiger partial charge >= 0.3 is 7.60 Å². The average Bonchev–Trinajstić information content (AvgIpc) is 2.17. The van der Waals surface area contributed by atoms with Gasteiger partial charge in [0.15, 0.2) is 0 Å². The maximum Gasteiger partial charge on any atom is 0.379 e. The molecular weight excluding hydrogens is 223 g/mol. The fraction of sp³-hybridized carbons (Fsp3) is 0.500. The number of hydrogen-bond donors (Lipinski definition) is 0. The van der Waals surface area contributed by atoms with Gasteiger partial charge in [-0.25, -0.2) is 4.57 Å². The molecule has 0 aromatic heterocycles. The van der Waals surface area contributed by atoms with Crippen molar-refractivity contribution in [2.24, 2.45) is 0 Å². The minimum atomic E-state index is -3.00. The van der Waals surface area contributed by atoms with E-state index in [4.69, 9.17) is 9.05 Å². The molecule has 1 aromatic carbocycles. The van der Waals surface area contributed by atoms with Crippen molar-refractivity contribution in [3.63, 3.8) is 0 Å². The summed E-state index contributed by atoms with van der Waals surface area (Å²) < 4.78 is 23.3. The van der Waals surface area contributed by atoms with Gasteiger partial charge in [0, 0.05) is 0 Å². The van der Waals surface area contributed by atoms with Crippen LogP contribution in [0.5, 0.6) is 5.75 Å². The van der Waals surface area contributed by atoms with Crippen LogP contribution in [0.4, 0.5) is 0 Å². The van der Waals surface area contributed by atoms with Crippen LogP contribution in [-0.4, -0.2) is 12.3 Å². The highest BCUT2D eigenvalue weighted by molar-refractivity contribution is 7.54. The molecule has 4 heteroatoms. The molecule has 1 rings (SSSR count). The maximum absolute atomic E-state index is 12.3. The van der Waals surface area contributed by atoms with E-state index in [0.717, 1.165) is 6.42 Å². The topological polar surface area (TPSA) is 35.5 Å². The second-order valence-corrected chi connectivity index (χ2v) is 5.96. The summed E-state index contributed by atoms with van der Waals surface area (Å²) in [6.07, 6.45) is 1.12. The van der Waals surface area contributed by atoms with Crippen molar-refractivity contribution in [1.82, 2.24) is 0 Å². The van der Waals surface area contributed by atoms with Crippen LogP contribution < -0.4 is 4.52 Å². The van der Waals surface area contributed by atoms with Crippen LogP contribution in [0.3, 0.4) is 0 Å². The van der Waals surface area contributed by atoms with E-state index in [-0.39, 0.29) is 6.10 Å². The summed E-state index contributed by atoms with van der Waals surface area (Å²) in [6, 6.07) is 9.15. The van der Waals surface area contributed by atoms with Gasteiger partial charge in [-0.15, -0.1) is 0 Å². The maximum atomic E-state index is 12.3. The summed E-state index contributed by atoms with van der Waals surface area (Å²) in [5.41, 5.74) is 0. The first-order valence-corrected chi connectivity index (χ1v) is 7.30. The zero-order valence-corrected chi connectivity index (χ0v) is 10.9. The molecule has 16 heavy (non-hydrogen) atoms. The van der Waals surface area contributed by atoms with Crippen molar-refractivity contribution < 1.29 is 13.6 Å². The first-order valence-electron chi connectivity index (χ1n) is 5.58. The highest BCUT2D eigenvalue weighted by atomic mass is 31.2. The third kappa shape index (κ3) is 4.38. The molecular formula is C12H19O3P. The summed E-state index contributed by atoms with van der Waals surface area (Å²) in [6.45, 7) is 5.68. The summed E-state index contributed by atoms with van der Waals surface area (Å²) in [5, 5.41) is 0. The van der Waals surface area contributed by atoms with Crippen LogP contribution in [0, 0.1) is 0 Å². The highest BCUT2D eigenvalue weighted by Crippen LogP contribution is 2.49. The van der Waals surface area contributed by atoms with Crippen molar-refractivity contribution in [3.8, 4) is 5.75 Å². The second kappa shape index (κ2) is 6.07. The SMILES string of the molecule is CCCP(=O)(Oc1ccccc1)OC(C)C. The zero-order chi connectivity index (χ0) is 12.0. The lowest BCUT2D eigenvalue weighted by Gasteiger charge is -2.20. The lowest BCUT2D eigenvalue weighted by molar-refractivity contribution is 0.209. The van der Waals surface area contributed by atoms with Crippen molar-refractivity contribution >= 4 is 7.60 Å². The van der Waals surface area contributed by atoms with E-state index in [1.807, 2.05) is 39.0 Å². The van der Waals surface area contributed by atoms with Crippen LogP contribution >= 0.6 is 7.60 Å². The Bertz CT molecular complexity index is 349. The Morgan fingerprint density at radius 1 is 1.25 bits per heavy atom. The zero-order valence-electron chi connectivity index (χ0n) is 10.1. The van der Waals surface area contributed by atoms with Gasteiger partial charge in [-0.05, 0) is 32.4 Å². The van der Waals surface area contributed by atoms with Crippen molar-refractivity contribution in [2.75, 3.05) is 6.16 Å². The van der Waals surface area contributed by atoms with E-state index in [9.17, 15) is 4.57 Å². The largest absolute Gasteiger partial charge is 0.424 e. The van der Waals surface area contributed by atoms with Crippen molar-refractivity contribution in [3.05, 3.63) is 30.3 Å². The molecule has 1 unspecified atom stereocenters. The molecule has 1 aromatic rings. The van der Waals surface area contributed by atoms with Crippen LogP contribution in [0.2, 0.25) is 0 Å². The molecule has 0 aliphatic rings. The fourth-order valence-electron chi connectivity index (χ4n) is 1.36. The van der Waals surface area contributed by atoms with Gasteiger partial charge in [-0.3, -0.25) is 4.52 Å². The molecule has 3 nitrogen and oxygen atoms in total. The quantitative estimate of drug-likeness (QED) is 0.705. The molecule has 0 saturated heterocycles. The number of rotatable bonds is 6. The Morgan fingerprint density at radius 2 is 1.88 bits per heavy atom. The molecule has 0 radical (unpaired) electrons. The van der Waals surface area contributed by atoms with Gasteiger partial charge in [0.1, 0.15) is 5.75 Å². The van der Waals surface area contributed by atoms with E-state index in [2.05, 4.69) is 0 Å². The summed E-state index contributed by atoms with van der Waals surface area (Å²) in [5.74, 6) is 0.597. The molecule has 90 valence electrons. The van der Waals surface area contributed by atoms with Crippen LogP contribution in [0.25, 0.3) is 0 Å². The van der Waals surface area contributed by atoms with Gasteiger partial charge in [0.25, 0.3) is 0 Å². The van der Waals surface area contributed by atoms with Crippen LogP contribution in [0.15, 0.2) is 30.3 Å². The van der Waals surface area contributed by atoms with E-state index in [1.165, 1.54) is 0 Å². The number of benzene rings is 1. The van der Waals surface area contributed by atoms with E-state index in [0.29, 0.717) is 11.9 Å². The molecule has 0 saturated carbocycles. The average molecular weight is 242 g/mol.